The smallest absolute Gasteiger partial charge is 0.338 e. The molecule has 0 unspecified atom stereocenters. The molecule has 2 aromatic heterocycles. The molecule has 0 saturated heterocycles. The van der Waals surface area contributed by atoms with Crippen molar-refractivity contribution in [1.82, 2.24) is 29.8 Å². The zero-order chi connectivity index (χ0) is 19.5. The molecule has 0 aliphatic rings. The molecular formula is C18H15ClN6O3. The van der Waals surface area contributed by atoms with Gasteiger partial charge in [0.05, 0.1) is 28.9 Å². The van der Waals surface area contributed by atoms with Gasteiger partial charge in [-0.3, -0.25) is 0 Å². The van der Waals surface area contributed by atoms with Gasteiger partial charge in [0.1, 0.15) is 18.8 Å². The minimum absolute atomic E-state index is 0.0279. The number of aliphatic hydroxyl groups excluding tert-OH is 1. The number of fused-ring (bicyclic) bond motifs is 1. The fourth-order valence-corrected chi connectivity index (χ4v) is 3.02. The van der Waals surface area contributed by atoms with Crippen LogP contribution in [-0.4, -0.2) is 47.4 Å². The van der Waals surface area contributed by atoms with Crippen molar-refractivity contribution >= 4 is 28.6 Å². The highest BCUT2D eigenvalue weighted by molar-refractivity contribution is 6.31. The van der Waals surface area contributed by atoms with Gasteiger partial charge >= 0.3 is 5.97 Å². The van der Waals surface area contributed by atoms with Crippen LogP contribution in [0.1, 0.15) is 16.2 Å². The predicted octanol–water partition coefficient (Wildman–Crippen LogP) is 2.01. The highest BCUT2D eigenvalue weighted by atomic mass is 35.5. The molecule has 2 heterocycles. The summed E-state index contributed by atoms with van der Waals surface area (Å²) in [6, 6.07) is 12.0. The number of aliphatic hydroxyl groups is 1. The van der Waals surface area contributed by atoms with E-state index in [1.54, 1.807) is 47.0 Å². The summed E-state index contributed by atoms with van der Waals surface area (Å²) in [7, 11) is 0. The van der Waals surface area contributed by atoms with Gasteiger partial charge in [-0.15, -0.1) is 5.10 Å². The lowest BCUT2D eigenvalue weighted by Gasteiger charge is -2.09. The van der Waals surface area contributed by atoms with Crippen molar-refractivity contribution in [3.05, 3.63) is 65.2 Å². The number of rotatable bonds is 6. The van der Waals surface area contributed by atoms with Crippen molar-refractivity contribution in [3.8, 4) is 5.69 Å². The Labute approximate surface area is 164 Å². The van der Waals surface area contributed by atoms with E-state index in [1.807, 2.05) is 0 Å². The van der Waals surface area contributed by atoms with Crippen molar-refractivity contribution in [2.45, 2.75) is 13.2 Å². The van der Waals surface area contributed by atoms with Gasteiger partial charge in [-0.05, 0) is 52.9 Å². The number of benzene rings is 2. The number of hydrogen-bond donors (Lipinski definition) is 1. The average Bonchev–Trinajstić information content (AvgIpc) is 3.35. The molecule has 0 fully saturated rings. The summed E-state index contributed by atoms with van der Waals surface area (Å²) < 4.78 is 8.68. The van der Waals surface area contributed by atoms with Crippen molar-refractivity contribution < 1.29 is 14.6 Å². The fraction of sp³-hybridized carbons (Fsp3) is 0.167. The Morgan fingerprint density at radius 3 is 2.71 bits per heavy atom. The first-order chi connectivity index (χ1) is 13.7. The standard InChI is InChI=1S/C18H15ClN6O3/c19-13-3-6-15-16(9-13)24(7-8-26)17(21-15)10-28-18(27)12-1-4-14(5-2-12)25-11-20-22-23-25/h1-6,9,11,26H,7-8,10H2. The van der Waals surface area contributed by atoms with E-state index in [9.17, 15) is 9.90 Å². The number of nitrogens with zero attached hydrogens (tertiary/aromatic N) is 6. The van der Waals surface area contributed by atoms with Gasteiger partial charge in [-0.2, -0.15) is 0 Å². The van der Waals surface area contributed by atoms with E-state index in [0.29, 0.717) is 23.0 Å². The summed E-state index contributed by atoms with van der Waals surface area (Å²) in [6.45, 7) is 0.224. The lowest BCUT2D eigenvalue weighted by atomic mass is 10.2. The quantitative estimate of drug-likeness (QED) is 0.495. The third kappa shape index (κ3) is 3.57. The molecule has 0 radical (unpaired) electrons. The van der Waals surface area contributed by atoms with Crippen LogP contribution in [0.25, 0.3) is 16.7 Å². The number of hydrogen-bond acceptors (Lipinski definition) is 7. The van der Waals surface area contributed by atoms with Crippen LogP contribution >= 0.6 is 11.6 Å². The van der Waals surface area contributed by atoms with Crippen molar-refractivity contribution in [2.75, 3.05) is 6.61 Å². The lowest BCUT2D eigenvalue weighted by molar-refractivity contribution is 0.0458. The maximum atomic E-state index is 12.4. The van der Waals surface area contributed by atoms with Crippen LogP contribution in [0.3, 0.4) is 0 Å². The number of aromatic nitrogens is 6. The van der Waals surface area contributed by atoms with E-state index in [4.69, 9.17) is 16.3 Å². The zero-order valence-electron chi connectivity index (χ0n) is 14.6. The van der Waals surface area contributed by atoms with Gasteiger partial charge in [0.15, 0.2) is 0 Å². The van der Waals surface area contributed by atoms with Crippen molar-refractivity contribution in [3.63, 3.8) is 0 Å². The Bertz CT molecular complexity index is 1110. The van der Waals surface area contributed by atoms with E-state index in [1.165, 1.54) is 11.0 Å². The first-order valence-corrected chi connectivity index (χ1v) is 8.79. The predicted molar refractivity (Wildman–Crippen MR) is 100 cm³/mol. The number of ether oxygens (including phenoxy) is 1. The lowest BCUT2D eigenvalue weighted by Crippen LogP contribution is -2.11. The van der Waals surface area contributed by atoms with Crippen LogP contribution in [0.2, 0.25) is 5.02 Å². The van der Waals surface area contributed by atoms with Gasteiger partial charge in [-0.1, -0.05) is 11.6 Å². The summed E-state index contributed by atoms with van der Waals surface area (Å²) >= 11 is 6.05. The molecule has 28 heavy (non-hydrogen) atoms. The molecule has 0 aliphatic carbocycles. The number of carbonyl (C=O) groups is 1. The topological polar surface area (TPSA) is 108 Å². The third-order valence-electron chi connectivity index (χ3n) is 4.16. The van der Waals surface area contributed by atoms with Crippen LogP contribution < -0.4 is 0 Å². The van der Waals surface area contributed by atoms with Crippen molar-refractivity contribution in [1.29, 1.82) is 0 Å². The van der Waals surface area contributed by atoms with E-state index in [2.05, 4.69) is 20.5 Å². The Balaban J connectivity index is 1.51. The Morgan fingerprint density at radius 2 is 2.00 bits per heavy atom. The van der Waals surface area contributed by atoms with Crippen LogP contribution in [0.5, 0.6) is 0 Å². The van der Waals surface area contributed by atoms with Gasteiger partial charge < -0.3 is 14.4 Å². The highest BCUT2D eigenvalue weighted by Crippen LogP contribution is 2.21. The van der Waals surface area contributed by atoms with E-state index < -0.39 is 5.97 Å². The number of tetrazole rings is 1. The molecule has 1 N–H and O–H groups in total. The summed E-state index contributed by atoms with van der Waals surface area (Å²) in [5, 5.41) is 20.8. The number of imidazole rings is 1. The van der Waals surface area contributed by atoms with E-state index in [0.717, 1.165) is 16.7 Å². The van der Waals surface area contributed by atoms with Crippen LogP contribution in [0.15, 0.2) is 48.8 Å². The summed E-state index contributed by atoms with van der Waals surface area (Å²) in [6.07, 6.45) is 1.46. The molecule has 0 aliphatic heterocycles. The number of esters is 1. The average molecular weight is 399 g/mol. The Morgan fingerprint density at radius 1 is 1.18 bits per heavy atom. The molecule has 10 heteroatoms. The fourth-order valence-electron chi connectivity index (χ4n) is 2.85. The largest absolute Gasteiger partial charge is 0.454 e. The zero-order valence-corrected chi connectivity index (χ0v) is 15.3. The van der Waals surface area contributed by atoms with Gasteiger partial charge in [0, 0.05) is 11.6 Å². The normalized spacial score (nSPS) is 11.1. The second-order valence-corrected chi connectivity index (χ2v) is 6.35. The minimum atomic E-state index is -0.482. The number of halogens is 1. The Kier molecular flexibility index (Phi) is 5.00. The van der Waals surface area contributed by atoms with Crippen molar-refractivity contribution in [2.24, 2.45) is 0 Å². The molecule has 9 nitrogen and oxygen atoms in total. The first-order valence-electron chi connectivity index (χ1n) is 8.42. The van der Waals surface area contributed by atoms with Gasteiger partial charge in [-0.25, -0.2) is 14.5 Å². The summed E-state index contributed by atoms with van der Waals surface area (Å²) in [5.74, 6) is 0.0499. The minimum Gasteiger partial charge on any atom is -0.454 e. The molecule has 4 aromatic rings. The number of carbonyl (C=O) groups excluding carboxylic acids is 1. The molecule has 2 aromatic carbocycles. The van der Waals surface area contributed by atoms with Crippen LogP contribution in [0.4, 0.5) is 0 Å². The van der Waals surface area contributed by atoms with Crippen LogP contribution in [-0.2, 0) is 17.9 Å². The highest BCUT2D eigenvalue weighted by Gasteiger charge is 2.14. The second kappa shape index (κ2) is 7.75. The van der Waals surface area contributed by atoms with Gasteiger partial charge in [0.2, 0.25) is 0 Å². The molecule has 0 atom stereocenters. The van der Waals surface area contributed by atoms with E-state index in [-0.39, 0.29) is 13.2 Å². The summed E-state index contributed by atoms with van der Waals surface area (Å²) in [5.41, 5.74) is 2.61. The van der Waals surface area contributed by atoms with Crippen LogP contribution in [0, 0.1) is 0 Å². The second-order valence-electron chi connectivity index (χ2n) is 5.91. The molecule has 4 rings (SSSR count). The molecule has 0 spiro atoms. The molecule has 0 bridgehead atoms. The maximum absolute atomic E-state index is 12.4. The molecule has 0 saturated carbocycles. The van der Waals surface area contributed by atoms with Gasteiger partial charge in [0.25, 0.3) is 0 Å². The monoisotopic (exact) mass is 398 g/mol. The first kappa shape index (κ1) is 18.1. The van der Waals surface area contributed by atoms with E-state index >= 15 is 0 Å². The summed E-state index contributed by atoms with van der Waals surface area (Å²) in [4.78, 5) is 16.9. The SMILES string of the molecule is O=C(OCc1nc2ccc(Cl)cc2n1CCO)c1ccc(-n2cnnn2)cc1. The maximum Gasteiger partial charge on any atom is 0.338 e. The molecular weight excluding hydrogens is 384 g/mol. The Hall–Kier alpha value is -3.30. The molecule has 142 valence electrons. The molecule has 0 amide bonds. The third-order valence-corrected chi connectivity index (χ3v) is 4.40.